The molecule has 0 fully saturated rings. The molecule has 0 saturated carbocycles. The van der Waals surface area contributed by atoms with Crippen molar-refractivity contribution in [2.45, 2.75) is 45.9 Å². The fraction of sp³-hybridized carbons (Fsp3) is 0.348. The Labute approximate surface area is 177 Å². The number of carbonyl (C=O) groups excluding carboxylic acids is 3. The first-order chi connectivity index (χ1) is 14.0. The zero-order valence-electron chi connectivity index (χ0n) is 18.0. The molecular weight excluding hydrogens is 384 g/mol. The molecule has 2 amide bonds. The average Bonchev–Trinajstić information content (AvgIpc) is 2.66. The van der Waals surface area contributed by atoms with E-state index < -0.39 is 23.8 Å². The number of esters is 1. The molecule has 0 radical (unpaired) electrons. The van der Waals surface area contributed by atoms with E-state index in [2.05, 4.69) is 5.32 Å². The molecule has 1 atom stereocenters. The van der Waals surface area contributed by atoms with Crippen LogP contribution in [0.1, 0.15) is 43.6 Å². The molecule has 0 saturated heterocycles. The highest BCUT2D eigenvalue weighted by atomic mass is 16.6. The van der Waals surface area contributed by atoms with Crippen LogP contribution in [-0.4, -0.2) is 41.6 Å². The zero-order chi connectivity index (χ0) is 22.3. The van der Waals surface area contributed by atoms with E-state index in [1.807, 2.05) is 30.3 Å². The van der Waals surface area contributed by atoms with Gasteiger partial charge in [-0.05, 0) is 51.5 Å². The first kappa shape index (κ1) is 22.9. The van der Waals surface area contributed by atoms with Crippen LogP contribution in [0.5, 0.6) is 0 Å². The Balaban J connectivity index is 1.96. The Kier molecular flexibility index (Phi) is 7.58. The second-order valence-electron chi connectivity index (χ2n) is 7.94. The highest BCUT2D eigenvalue weighted by Crippen LogP contribution is 2.15. The van der Waals surface area contributed by atoms with Gasteiger partial charge in [-0.2, -0.15) is 0 Å². The molecule has 2 rings (SSSR count). The zero-order valence-corrected chi connectivity index (χ0v) is 18.0. The monoisotopic (exact) mass is 412 g/mol. The quantitative estimate of drug-likeness (QED) is 0.718. The maximum atomic E-state index is 12.5. The summed E-state index contributed by atoms with van der Waals surface area (Å²) >= 11 is 0. The highest BCUT2D eigenvalue weighted by Gasteiger charge is 2.23. The minimum atomic E-state index is -0.950. The molecular formula is C23H28N2O5. The van der Waals surface area contributed by atoms with E-state index in [9.17, 15) is 14.4 Å². The normalized spacial score (nSPS) is 11.9. The predicted molar refractivity (Wildman–Crippen MR) is 114 cm³/mol. The third-order valence-electron chi connectivity index (χ3n) is 4.01. The van der Waals surface area contributed by atoms with Crippen LogP contribution < -0.4 is 5.32 Å². The first-order valence-electron chi connectivity index (χ1n) is 9.65. The van der Waals surface area contributed by atoms with Crippen molar-refractivity contribution in [2.24, 2.45) is 0 Å². The topological polar surface area (TPSA) is 84.9 Å². The van der Waals surface area contributed by atoms with Gasteiger partial charge >= 0.3 is 12.1 Å². The standard InChI is InChI=1S/C23H28N2O5/c1-16(20(26)25(5)15-17-10-7-6-8-11-17)29-21(27)18-12-9-13-19(14-18)24-22(28)30-23(2,3)4/h6-14,16H,15H2,1-5H3,(H,24,28)/t16-/m1/s1. The third kappa shape index (κ3) is 7.24. The Hall–Kier alpha value is -3.35. The van der Waals surface area contributed by atoms with Gasteiger partial charge in [0.05, 0.1) is 5.56 Å². The molecule has 0 spiro atoms. The second-order valence-corrected chi connectivity index (χ2v) is 7.94. The average molecular weight is 412 g/mol. The molecule has 0 heterocycles. The lowest BCUT2D eigenvalue weighted by atomic mass is 10.2. The summed E-state index contributed by atoms with van der Waals surface area (Å²) in [5.41, 5.74) is 0.947. The van der Waals surface area contributed by atoms with Crippen molar-refractivity contribution < 1.29 is 23.9 Å². The summed E-state index contributed by atoms with van der Waals surface area (Å²) < 4.78 is 10.5. The van der Waals surface area contributed by atoms with Gasteiger partial charge < -0.3 is 14.4 Å². The third-order valence-corrected chi connectivity index (χ3v) is 4.01. The van der Waals surface area contributed by atoms with Gasteiger partial charge in [-0.15, -0.1) is 0 Å². The lowest BCUT2D eigenvalue weighted by Gasteiger charge is -2.22. The van der Waals surface area contributed by atoms with Crippen molar-refractivity contribution in [3.8, 4) is 0 Å². The maximum Gasteiger partial charge on any atom is 0.412 e. The van der Waals surface area contributed by atoms with Crippen molar-refractivity contribution >= 4 is 23.7 Å². The number of nitrogens with one attached hydrogen (secondary N) is 1. The van der Waals surface area contributed by atoms with Gasteiger partial charge in [-0.1, -0.05) is 36.4 Å². The van der Waals surface area contributed by atoms with Crippen LogP contribution in [0.15, 0.2) is 54.6 Å². The number of rotatable bonds is 6. The van der Waals surface area contributed by atoms with Crippen molar-refractivity contribution in [1.29, 1.82) is 0 Å². The molecule has 1 N–H and O–H groups in total. The molecule has 0 unspecified atom stereocenters. The number of amides is 2. The first-order valence-corrected chi connectivity index (χ1v) is 9.65. The molecule has 0 aliphatic heterocycles. The molecule has 7 heteroatoms. The smallest absolute Gasteiger partial charge is 0.412 e. The minimum Gasteiger partial charge on any atom is -0.449 e. The van der Waals surface area contributed by atoms with Gasteiger partial charge in [0.2, 0.25) is 0 Å². The minimum absolute atomic E-state index is 0.217. The largest absolute Gasteiger partial charge is 0.449 e. The van der Waals surface area contributed by atoms with Crippen LogP contribution in [0, 0.1) is 0 Å². The predicted octanol–water partition coefficient (Wildman–Crippen LogP) is 4.24. The Morgan fingerprint density at radius 2 is 1.70 bits per heavy atom. The van der Waals surface area contributed by atoms with Crippen molar-refractivity contribution in [3.05, 3.63) is 65.7 Å². The van der Waals surface area contributed by atoms with Crippen molar-refractivity contribution in [2.75, 3.05) is 12.4 Å². The van der Waals surface area contributed by atoms with Gasteiger partial charge in [0.1, 0.15) is 5.60 Å². The van der Waals surface area contributed by atoms with Crippen LogP contribution in [0.25, 0.3) is 0 Å². The molecule has 0 aliphatic rings. The number of anilines is 1. The van der Waals surface area contributed by atoms with E-state index in [-0.39, 0.29) is 11.5 Å². The summed E-state index contributed by atoms with van der Waals surface area (Å²) in [4.78, 5) is 38.4. The number of carbonyl (C=O) groups is 3. The molecule has 160 valence electrons. The van der Waals surface area contributed by atoms with E-state index >= 15 is 0 Å². The summed E-state index contributed by atoms with van der Waals surface area (Å²) in [5, 5.41) is 2.57. The number of likely N-dealkylation sites (N-methyl/N-ethyl adjacent to an activating group) is 1. The van der Waals surface area contributed by atoms with Crippen molar-refractivity contribution in [3.63, 3.8) is 0 Å². The van der Waals surface area contributed by atoms with Crippen LogP contribution in [0.2, 0.25) is 0 Å². The lowest BCUT2D eigenvalue weighted by molar-refractivity contribution is -0.139. The maximum absolute atomic E-state index is 12.5. The lowest BCUT2D eigenvalue weighted by Crippen LogP contribution is -2.37. The van der Waals surface area contributed by atoms with Gasteiger partial charge in [0, 0.05) is 19.3 Å². The fourth-order valence-electron chi connectivity index (χ4n) is 2.67. The number of hydrogen-bond acceptors (Lipinski definition) is 5. The van der Waals surface area contributed by atoms with E-state index in [1.165, 1.54) is 17.9 Å². The van der Waals surface area contributed by atoms with E-state index in [0.717, 1.165) is 5.56 Å². The van der Waals surface area contributed by atoms with Gasteiger partial charge in [0.25, 0.3) is 5.91 Å². The van der Waals surface area contributed by atoms with Crippen LogP contribution >= 0.6 is 0 Å². The van der Waals surface area contributed by atoms with Crippen molar-refractivity contribution in [1.82, 2.24) is 4.90 Å². The highest BCUT2D eigenvalue weighted by molar-refractivity contribution is 5.94. The molecule has 0 aromatic heterocycles. The molecule has 2 aromatic carbocycles. The SMILES string of the molecule is C[C@@H](OC(=O)c1cccc(NC(=O)OC(C)(C)C)c1)C(=O)N(C)Cc1ccccc1. The summed E-state index contributed by atoms with van der Waals surface area (Å²) in [5.74, 6) is -0.966. The molecule has 7 nitrogen and oxygen atoms in total. The van der Waals surface area contributed by atoms with E-state index in [0.29, 0.717) is 12.2 Å². The van der Waals surface area contributed by atoms with Crippen LogP contribution in [0.3, 0.4) is 0 Å². The number of ether oxygens (including phenoxy) is 2. The number of benzene rings is 2. The molecule has 0 bridgehead atoms. The Morgan fingerprint density at radius 3 is 2.33 bits per heavy atom. The van der Waals surface area contributed by atoms with Gasteiger partial charge in [0.15, 0.2) is 6.10 Å². The molecule has 0 aliphatic carbocycles. The number of nitrogens with zero attached hydrogens (tertiary/aromatic N) is 1. The van der Waals surface area contributed by atoms with E-state index in [1.54, 1.807) is 46.0 Å². The summed E-state index contributed by atoms with van der Waals surface area (Å²) in [7, 11) is 1.66. The van der Waals surface area contributed by atoms with Gasteiger partial charge in [-0.3, -0.25) is 10.1 Å². The van der Waals surface area contributed by atoms with E-state index in [4.69, 9.17) is 9.47 Å². The molecule has 2 aromatic rings. The Morgan fingerprint density at radius 1 is 1.03 bits per heavy atom. The summed E-state index contributed by atoms with van der Waals surface area (Å²) in [6, 6.07) is 15.8. The fourth-order valence-corrected chi connectivity index (χ4v) is 2.67. The second kappa shape index (κ2) is 9.91. The summed E-state index contributed by atoms with van der Waals surface area (Å²) in [6.45, 7) is 7.22. The summed E-state index contributed by atoms with van der Waals surface area (Å²) in [6.07, 6.45) is -1.58. The van der Waals surface area contributed by atoms with Gasteiger partial charge in [-0.25, -0.2) is 9.59 Å². The number of hydrogen-bond donors (Lipinski definition) is 1. The van der Waals surface area contributed by atoms with Crippen LogP contribution in [0.4, 0.5) is 10.5 Å². The molecule has 30 heavy (non-hydrogen) atoms. The van der Waals surface area contributed by atoms with Crippen LogP contribution in [-0.2, 0) is 20.8 Å². The Bertz CT molecular complexity index is 890.